The Hall–Kier alpha value is -2.81. The molecule has 4 rings (SSSR count). The fourth-order valence-electron chi connectivity index (χ4n) is 2.80. The molecule has 2 heterocycles. The summed E-state index contributed by atoms with van der Waals surface area (Å²) in [5, 5.41) is 5.99. The third-order valence-electron chi connectivity index (χ3n) is 4.37. The number of rotatable bonds is 7. The average molecular weight is 426 g/mol. The largest absolute Gasteiger partial charge is 0.334 e. The standard InChI is InChI=1S/C21H19N3O3S2/c1-15-7-9-16(10-8-15)20-23-21(27-24-20)17-4-2-6-19(14-17)29(25,26)22-12-11-18-5-3-13-28-18/h2-10,13-14,22H,11-12H2,1H3. The summed E-state index contributed by atoms with van der Waals surface area (Å²) in [6, 6.07) is 18.2. The first-order valence-corrected chi connectivity index (χ1v) is 11.4. The zero-order chi connectivity index (χ0) is 20.3. The van der Waals surface area contributed by atoms with E-state index in [1.54, 1.807) is 35.6 Å². The van der Waals surface area contributed by atoms with E-state index in [2.05, 4.69) is 14.9 Å². The number of hydrogen-bond acceptors (Lipinski definition) is 6. The molecule has 0 aliphatic rings. The van der Waals surface area contributed by atoms with Gasteiger partial charge in [-0.25, -0.2) is 13.1 Å². The molecule has 2 aromatic heterocycles. The number of benzene rings is 2. The maximum atomic E-state index is 12.6. The van der Waals surface area contributed by atoms with E-state index in [0.29, 0.717) is 24.4 Å². The van der Waals surface area contributed by atoms with Crippen molar-refractivity contribution >= 4 is 21.4 Å². The Balaban J connectivity index is 1.51. The van der Waals surface area contributed by atoms with Crippen LogP contribution in [0.3, 0.4) is 0 Å². The maximum absolute atomic E-state index is 12.6. The lowest BCUT2D eigenvalue weighted by Gasteiger charge is -2.07. The van der Waals surface area contributed by atoms with Gasteiger partial charge in [0.2, 0.25) is 15.8 Å². The molecule has 4 aromatic rings. The summed E-state index contributed by atoms with van der Waals surface area (Å²) >= 11 is 1.61. The molecule has 0 unspecified atom stereocenters. The molecule has 0 radical (unpaired) electrons. The minimum Gasteiger partial charge on any atom is -0.334 e. The van der Waals surface area contributed by atoms with Gasteiger partial charge in [-0.2, -0.15) is 4.98 Å². The lowest BCUT2D eigenvalue weighted by atomic mass is 10.1. The molecule has 0 saturated carbocycles. The van der Waals surface area contributed by atoms with Gasteiger partial charge in [0.15, 0.2) is 0 Å². The second-order valence-corrected chi connectivity index (χ2v) is 9.34. The number of hydrogen-bond donors (Lipinski definition) is 1. The fraction of sp³-hybridized carbons (Fsp3) is 0.143. The first-order valence-electron chi connectivity index (χ1n) is 9.04. The van der Waals surface area contributed by atoms with E-state index in [9.17, 15) is 8.42 Å². The highest BCUT2D eigenvalue weighted by Crippen LogP contribution is 2.24. The molecular weight excluding hydrogens is 406 g/mol. The Morgan fingerprint density at radius 1 is 1.03 bits per heavy atom. The molecule has 148 valence electrons. The normalized spacial score (nSPS) is 11.6. The molecule has 0 saturated heterocycles. The molecule has 0 atom stereocenters. The third-order valence-corrected chi connectivity index (χ3v) is 6.77. The van der Waals surface area contributed by atoms with E-state index < -0.39 is 10.0 Å². The van der Waals surface area contributed by atoms with Crippen LogP contribution in [0.4, 0.5) is 0 Å². The zero-order valence-corrected chi connectivity index (χ0v) is 17.3. The molecule has 6 nitrogen and oxygen atoms in total. The van der Waals surface area contributed by atoms with Crippen LogP contribution in [0.15, 0.2) is 75.5 Å². The summed E-state index contributed by atoms with van der Waals surface area (Å²) in [6.45, 7) is 2.34. The zero-order valence-electron chi connectivity index (χ0n) is 15.7. The molecule has 1 N–H and O–H groups in total. The first-order chi connectivity index (χ1) is 14.0. The highest BCUT2D eigenvalue weighted by atomic mass is 32.2. The molecule has 0 amide bonds. The topological polar surface area (TPSA) is 85.1 Å². The Morgan fingerprint density at radius 3 is 2.62 bits per heavy atom. The van der Waals surface area contributed by atoms with Crippen LogP contribution < -0.4 is 4.72 Å². The predicted molar refractivity (Wildman–Crippen MR) is 113 cm³/mol. The van der Waals surface area contributed by atoms with Gasteiger partial charge in [-0.05, 0) is 43.0 Å². The van der Waals surface area contributed by atoms with E-state index in [1.807, 2.05) is 48.7 Å². The van der Waals surface area contributed by atoms with Gasteiger partial charge in [-0.15, -0.1) is 11.3 Å². The van der Waals surface area contributed by atoms with Crippen molar-refractivity contribution in [2.75, 3.05) is 6.54 Å². The summed E-state index contributed by atoms with van der Waals surface area (Å²) in [4.78, 5) is 5.71. The van der Waals surface area contributed by atoms with Crippen LogP contribution in [0.2, 0.25) is 0 Å². The Morgan fingerprint density at radius 2 is 1.86 bits per heavy atom. The molecule has 8 heteroatoms. The highest BCUT2D eigenvalue weighted by Gasteiger charge is 2.17. The van der Waals surface area contributed by atoms with Crippen LogP contribution in [0.5, 0.6) is 0 Å². The van der Waals surface area contributed by atoms with Crippen molar-refractivity contribution in [3.63, 3.8) is 0 Å². The van der Waals surface area contributed by atoms with Gasteiger partial charge < -0.3 is 4.52 Å². The van der Waals surface area contributed by atoms with Gasteiger partial charge >= 0.3 is 0 Å². The van der Waals surface area contributed by atoms with Gasteiger partial charge in [0.25, 0.3) is 5.89 Å². The van der Waals surface area contributed by atoms with Crippen molar-refractivity contribution in [3.05, 3.63) is 76.5 Å². The Bertz CT molecular complexity index is 1200. The van der Waals surface area contributed by atoms with E-state index in [-0.39, 0.29) is 10.8 Å². The smallest absolute Gasteiger partial charge is 0.258 e. The maximum Gasteiger partial charge on any atom is 0.258 e. The molecule has 0 fully saturated rings. The molecule has 0 bridgehead atoms. The Labute approximate surface area is 173 Å². The van der Waals surface area contributed by atoms with Gasteiger partial charge in [-0.1, -0.05) is 47.1 Å². The second kappa shape index (κ2) is 8.28. The summed E-state index contributed by atoms with van der Waals surface area (Å²) in [7, 11) is -3.63. The van der Waals surface area contributed by atoms with Gasteiger partial charge in [0.1, 0.15) is 0 Å². The summed E-state index contributed by atoms with van der Waals surface area (Å²) in [5.74, 6) is 0.735. The molecular formula is C21H19N3O3S2. The van der Waals surface area contributed by atoms with Crippen molar-refractivity contribution < 1.29 is 12.9 Å². The number of thiophene rings is 1. The monoisotopic (exact) mass is 425 g/mol. The number of nitrogens with zero attached hydrogens (tertiary/aromatic N) is 2. The van der Waals surface area contributed by atoms with Crippen molar-refractivity contribution in [1.29, 1.82) is 0 Å². The molecule has 0 aliphatic carbocycles. The van der Waals surface area contributed by atoms with Crippen LogP contribution >= 0.6 is 11.3 Å². The fourth-order valence-corrected chi connectivity index (χ4v) is 4.59. The van der Waals surface area contributed by atoms with Crippen molar-refractivity contribution in [2.24, 2.45) is 0 Å². The van der Waals surface area contributed by atoms with Crippen molar-refractivity contribution in [3.8, 4) is 22.8 Å². The molecule has 0 aliphatic heterocycles. The highest BCUT2D eigenvalue weighted by molar-refractivity contribution is 7.89. The number of aryl methyl sites for hydroxylation is 1. The lowest BCUT2D eigenvalue weighted by molar-refractivity contribution is 0.432. The lowest BCUT2D eigenvalue weighted by Crippen LogP contribution is -2.25. The third kappa shape index (κ3) is 4.61. The average Bonchev–Trinajstić information content (AvgIpc) is 3.41. The van der Waals surface area contributed by atoms with E-state index in [4.69, 9.17) is 4.52 Å². The minimum atomic E-state index is -3.63. The predicted octanol–water partition coefficient (Wildman–Crippen LogP) is 4.29. The van der Waals surface area contributed by atoms with Crippen LogP contribution in [0, 0.1) is 6.92 Å². The summed E-state index contributed by atoms with van der Waals surface area (Å²) < 4.78 is 33.3. The summed E-state index contributed by atoms with van der Waals surface area (Å²) in [6.07, 6.45) is 0.653. The second-order valence-electron chi connectivity index (χ2n) is 6.54. The molecule has 29 heavy (non-hydrogen) atoms. The van der Waals surface area contributed by atoms with E-state index >= 15 is 0 Å². The summed E-state index contributed by atoms with van der Waals surface area (Å²) in [5.41, 5.74) is 2.53. The minimum absolute atomic E-state index is 0.163. The quantitative estimate of drug-likeness (QED) is 0.477. The van der Waals surface area contributed by atoms with Crippen LogP contribution in [-0.2, 0) is 16.4 Å². The van der Waals surface area contributed by atoms with E-state index in [1.165, 1.54) is 0 Å². The van der Waals surface area contributed by atoms with Gasteiger partial charge in [-0.3, -0.25) is 0 Å². The number of nitrogens with one attached hydrogen (secondary N) is 1. The number of aromatic nitrogens is 2. The van der Waals surface area contributed by atoms with Crippen LogP contribution in [0.1, 0.15) is 10.4 Å². The van der Waals surface area contributed by atoms with Crippen LogP contribution in [-0.4, -0.2) is 25.1 Å². The van der Waals surface area contributed by atoms with Crippen molar-refractivity contribution in [1.82, 2.24) is 14.9 Å². The molecule has 0 spiro atoms. The van der Waals surface area contributed by atoms with Crippen LogP contribution in [0.25, 0.3) is 22.8 Å². The Kier molecular flexibility index (Phi) is 5.57. The number of sulfonamides is 1. The van der Waals surface area contributed by atoms with Gasteiger partial charge in [0, 0.05) is 22.5 Å². The van der Waals surface area contributed by atoms with E-state index in [0.717, 1.165) is 16.0 Å². The van der Waals surface area contributed by atoms with Crippen molar-refractivity contribution in [2.45, 2.75) is 18.2 Å². The first kappa shape index (κ1) is 19.5. The SMILES string of the molecule is Cc1ccc(-c2noc(-c3cccc(S(=O)(=O)NCCc4cccs4)c3)n2)cc1. The molecule has 2 aromatic carbocycles. The van der Waals surface area contributed by atoms with Gasteiger partial charge in [0.05, 0.1) is 4.90 Å².